The van der Waals surface area contributed by atoms with E-state index < -0.39 is 0 Å². The van der Waals surface area contributed by atoms with E-state index in [9.17, 15) is 0 Å². The van der Waals surface area contributed by atoms with Gasteiger partial charge in [0.25, 0.3) is 0 Å². The molecule has 0 amide bonds. The number of benzene rings is 1. The first-order valence-electron chi connectivity index (χ1n) is 2.96. The summed E-state index contributed by atoms with van der Waals surface area (Å²) in [5, 5.41) is 0.776. The molecule has 0 saturated carbocycles. The molecule has 0 bridgehead atoms. The number of hydrogen-bond donors (Lipinski definition) is 0. The van der Waals surface area contributed by atoms with Crippen LogP contribution in [0, 0.1) is 0 Å². The highest BCUT2D eigenvalue weighted by atomic mass is 127. The van der Waals surface area contributed by atoms with Crippen LogP contribution >= 0.6 is 50.1 Å². The molecule has 0 aliphatic carbocycles. The van der Waals surface area contributed by atoms with E-state index in [1.165, 1.54) is 0 Å². The van der Waals surface area contributed by atoms with Crippen LogP contribution in [0.25, 0.3) is 5.03 Å². The molecule has 0 aromatic heterocycles. The van der Waals surface area contributed by atoms with Crippen molar-refractivity contribution in [2.24, 2.45) is 0 Å². The monoisotopic (exact) mass is 342 g/mol. The first kappa shape index (κ1) is 9.55. The molecule has 0 N–H and O–H groups in total. The fraction of sp³-hybridized carbons (Fsp3) is 0. The highest BCUT2D eigenvalue weighted by molar-refractivity contribution is 14.1. The lowest BCUT2D eigenvalue weighted by molar-refractivity contribution is 1.61. The second-order valence-corrected chi connectivity index (χ2v) is 3.91. The van der Waals surface area contributed by atoms with Crippen LogP contribution in [0.2, 0.25) is 0 Å². The second kappa shape index (κ2) is 4.48. The molecule has 0 spiro atoms. The van der Waals surface area contributed by atoms with Gasteiger partial charge >= 0.3 is 0 Å². The van der Waals surface area contributed by atoms with Crippen LogP contribution < -0.4 is 0 Å². The van der Waals surface area contributed by atoms with Crippen molar-refractivity contribution >= 4 is 55.2 Å². The summed E-state index contributed by atoms with van der Waals surface area (Å²) >= 11 is 11.4. The average Bonchev–Trinajstić information content (AvgIpc) is 2.05. The first-order chi connectivity index (χ1) is 5.24. The average molecular weight is 343 g/mol. The predicted octanol–water partition coefficient (Wildman–Crippen LogP) is 4.42. The maximum Gasteiger partial charge on any atom is 0.0538 e. The Morgan fingerprint density at radius 3 is 2.36 bits per heavy atom. The van der Waals surface area contributed by atoms with Crippen molar-refractivity contribution in [3.63, 3.8) is 0 Å². The van der Waals surface area contributed by atoms with Crippen LogP contribution in [0.1, 0.15) is 5.56 Å². The summed E-state index contributed by atoms with van der Waals surface area (Å²) in [5.41, 5.74) is 1.05. The van der Waals surface area contributed by atoms with Gasteiger partial charge in [-0.15, -0.1) is 0 Å². The van der Waals surface area contributed by atoms with E-state index in [0.29, 0.717) is 0 Å². The molecule has 11 heavy (non-hydrogen) atoms. The SMILES string of the molecule is ClC(=CI)c1ccc(Br)cc1. The maximum absolute atomic E-state index is 5.88. The summed E-state index contributed by atoms with van der Waals surface area (Å²) in [4.78, 5) is 0. The molecule has 0 unspecified atom stereocenters. The molecule has 1 aromatic rings. The van der Waals surface area contributed by atoms with E-state index in [2.05, 4.69) is 38.5 Å². The van der Waals surface area contributed by atoms with Crippen molar-refractivity contribution in [1.29, 1.82) is 0 Å². The van der Waals surface area contributed by atoms with E-state index in [-0.39, 0.29) is 0 Å². The number of hydrogen-bond acceptors (Lipinski definition) is 0. The van der Waals surface area contributed by atoms with Crippen LogP contribution in [-0.2, 0) is 0 Å². The molecule has 0 nitrogen and oxygen atoms in total. The van der Waals surface area contributed by atoms with Gasteiger partial charge in [-0.2, -0.15) is 0 Å². The largest absolute Gasteiger partial charge is 0.0832 e. The van der Waals surface area contributed by atoms with Crippen LogP contribution in [0.3, 0.4) is 0 Å². The van der Waals surface area contributed by atoms with Gasteiger partial charge in [0, 0.05) is 4.47 Å². The van der Waals surface area contributed by atoms with Gasteiger partial charge in [-0.3, -0.25) is 0 Å². The Hall–Kier alpha value is 0.460. The summed E-state index contributed by atoms with van der Waals surface area (Å²) < 4.78 is 2.92. The Morgan fingerprint density at radius 1 is 1.36 bits per heavy atom. The Morgan fingerprint density at radius 2 is 1.91 bits per heavy atom. The summed E-state index contributed by atoms with van der Waals surface area (Å²) in [6, 6.07) is 7.89. The normalized spacial score (nSPS) is 11.7. The topological polar surface area (TPSA) is 0 Å². The van der Waals surface area contributed by atoms with E-state index in [1.54, 1.807) is 0 Å². The summed E-state index contributed by atoms with van der Waals surface area (Å²) in [7, 11) is 0. The quantitative estimate of drug-likeness (QED) is 0.662. The van der Waals surface area contributed by atoms with Crippen LogP contribution in [-0.4, -0.2) is 0 Å². The van der Waals surface area contributed by atoms with Gasteiger partial charge in [0.15, 0.2) is 0 Å². The van der Waals surface area contributed by atoms with E-state index in [4.69, 9.17) is 11.6 Å². The molecular weight excluding hydrogens is 338 g/mol. The van der Waals surface area contributed by atoms with Crippen molar-refractivity contribution in [3.8, 4) is 0 Å². The molecular formula is C8H5BrClI. The summed E-state index contributed by atoms with van der Waals surface area (Å²) in [6.45, 7) is 0. The zero-order valence-corrected chi connectivity index (χ0v) is 10.0. The molecule has 1 rings (SSSR count). The number of halogens is 3. The minimum absolute atomic E-state index is 0.776. The third kappa shape index (κ3) is 2.76. The molecule has 0 aliphatic heterocycles. The fourth-order valence-electron chi connectivity index (χ4n) is 0.672. The highest BCUT2D eigenvalue weighted by Gasteiger charge is 1.94. The van der Waals surface area contributed by atoms with Crippen LogP contribution in [0.5, 0.6) is 0 Å². The van der Waals surface area contributed by atoms with Gasteiger partial charge in [-0.05, 0) is 21.8 Å². The lowest BCUT2D eigenvalue weighted by Crippen LogP contribution is -1.73. The van der Waals surface area contributed by atoms with E-state index in [1.807, 2.05) is 28.3 Å². The first-order valence-corrected chi connectivity index (χ1v) is 5.37. The van der Waals surface area contributed by atoms with Crippen molar-refractivity contribution in [1.82, 2.24) is 0 Å². The molecule has 3 heteroatoms. The summed E-state index contributed by atoms with van der Waals surface area (Å²) in [6.07, 6.45) is 0. The molecule has 1 aromatic carbocycles. The van der Waals surface area contributed by atoms with Crippen molar-refractivity contribution in [2.75, 3.05) is 0 Å². The van der Waals surface area contributed by atoms with Gasteiger partial charge in [0.2, 0.25) is 0 Å². The smallest absolute Gasteiger partial charge is 0.0538 e. The minimum Gasteiger partial charge on any atom is -0.0832 e. The minimum atomic E-state index is 0.776. The third-order valence-electron chi connectivity index (χ3n) is 1.22. The molecule has 0 aliphatic rings. The highest BCUT2D eigenvalue weighted by Crippen LogP contribution is 2.21. The predicted molar refractivity (Wildman–Crippen MR) is 62.0 cm³/mol. The zero-order valence-electron chi connectivity index (χ0n) is 5.52. The molecule has 0 radical (unpaired) electrons. The van der Waals surface area contributed by atoms with Crippen molar-refractivity contribution in [3.05, 3.63) is 38.4 Å². The standard InChI is InChI=1S/C8H5BrClI/c9-7-3-1-6(2-4-7)8(10)5-11/h1-5H. The second-order valence-electron chi connectivity index (χ2n) is 1.96. The van der Waals surface area contributed by atoms with Crippen molar-refractivity contribution < 1.29 is 0 Å². The maximum atomic E-state index is 5.88. The van der Waals surface area contributed by atoms with Gasteiger partial charge in [0.1, 0.15) is 0 Å². The van der Waals surface area contributed by atoms with Crippen molar-refractivity contribution in [2.45, 2.75) is 0 Å². The molecule has 0 saturated heterocycles. The van der Waals surface area contributed by atoms with Crippen LogP contribution in [0.4, 0.5) is 0 Å². The van der Waals surface area contributed by atoms with Gasteiger partial charge < -0.3 is 0 Å². The lowest BCUT2D eigenvalue weighted by Gasteiger charge is -1.96. The van der Waals surface area contributed by atoms with Gasteiger partial charge in [0.05, 0.1) is 5.03 Å². The fourth-order valence-corrected chi connectivity index (χ4v) is 1.42. The molecule has 0 fully saturated rings. The van der Waals surface area contributed by atoms with E-state index in [0.717, 1.165) is 15.1 Å². The lowest BCUT2D eigenvalue weighted by atomic mass is 10.2. The Kier molecular flexibility index (Phi) is 3.89. The van der Waals surface area contributed by atoms with E-state index >= 15 is 0 Å². The zero-order chi connectivity index (χ0) is 8.27. The Labute approximate surface area is 92.9 Å². The Bertz CT molecular complexity index is 266. The molecule has 58 valence electrons. The molecule has 0 atom stereocenters. The van der Waals surface area contributed by atoms with Gasteiger partial charge in [-0.1, -0.05) is 62.3 Å². The molecule has 0 heterocycles. The van der Waals surface area contributed by atoms with Crippen LogP contribution in [0.15, 0.2) is 32.8 Å². The Balaban J connectivity index is 2.99. The number of rotatable bonds is 1. The summed E-state index contributed by atoms with van der Waals surface area (Å²) in [5.74, 6) is 0. The van der Waals surface area contributed by atoms with Gasteiger partial charge in [-0.25, -0.2) is 0 Å². The third-order valence-corrected chi connectivity index (χ3v) is 3.06.